The number of rotatable bonds is 8. The van der Waals surface area contributed by atoms with Crippen LogP contribution in [0.3, 0.4) is 0 Å². The van der Waals surface area contributed by atoms with E-state index in [1.807, 2.05) is 0 Å². The van der Waals surface area contributed by atoms with Crippen LogP contribution in [0.1, 0.15) is 78.6 Å². The number of nitrogens with one attached hydrogen (secondary N) is 1. The molecule has 0 saturated heterocycles. The minimum atomic E-state index is 0.645. The lowest BCUT2D eigenvalue weighted by molar-refractivity contribution is 0.143. The first-order valence-corrected chi connectivity index (χ1v) is 8.39. The van der Waals surface area contributed by atoms with Crippen LogP contribution in [0.5, 0.6) is 0 Å². The first kappa shape index (κ1) is 14.4. The van der Waals surface area contributed by atoms with Gasteiger partial charge in [0.1, 0.15) is 0 Å². The summed E-state index contributed by atoms with van der Waals surface area (Å²) in [6.45, 7) is 8.34. The maximum Gasteiger partial charge on any atom is 0.0126 e. The Morgan fingerprint density at radius 1 is 1.17 bits per heavy atom. The van der Waals surface area contributed by atoms with Crippen LogP contribution in [0.25, 0.3) is 0 Å². The van der Waals surface area contributed by atoms with Crippen molar-refractivity contribution in [3.63, 3.8) is 0 Å². The molecule has 0 bridgehead atoms. The zero-order valence-electron chi connectivity index (χ0n) is 12.8. The molecule has 0 aromatic carbocycles. The minimum Gasteiger partial charge on any atom is -0.313 e. The third-order valence-corrected chi connectivity index (χ3v) is 5.06. The Balaban J connectivity index is 2.01. The van der Waals surface area contributed by atoms with Crippen molar-refractivity contribution in [2.75, 3.05) is 6.54 Å². The van der Waals surface area contributed by atoms with Crippen molar-refractivity contribution in [3.8, 4) is 0 Å². The lowest BCUT2D eigenvalue weighted by Gasteiger charge is -2.40. The topological polar surface area (TPSA) is 12.0 Å². The molecule has 2 aliphatic carbocycles. The molecule has 0 aliphatic heterocycles. The standard InChI is InChI=1S/C17H33N/c1-4-11-18-16(12-15-7-8-15)17(13-14(2)3)9-5-6-10-17/h14-16,18H,4-13H2,1-3H3. The van der Waals surface area contributed by atoms with E-state index in [0.717, 1.165) is 17.9 Å². The third kappa shape index (κ3) is 3.73. The van der Waals surface area contributed by atoms with Gasteiger partial charge in [0.15, 0.2) is 0 Å². The zero-order valence-corrected chi connectivity index (χ0v) is 12.8. The summed E-state index contributed by atoms with van der Waals surface area (Å²) in [4.78, 5) is 0. The highest BCUT2D eigenvalue weighted by molar-refractivity contribution is 4.97. The maximum absolute atomic E-state index is 3.93. The van der Waals surface area contributed by atoms with Crippen molar-refractivity contribution >= 4 is 0 Å². The van der Waals surface area contributed by atoms with Crippen molar-refractivity contribution in [1.29, 1.82) is 0 Å². The molecule has 1 atom stereocenters. The van der Waals surface area contributed by atoms with Gasteiger partial charge in [0.25, 0.3) is 0 Å². The zero-order chi connectivity index (χ0) is 13.0. The van der Waals surface area contributed by atoms with Gasteiger partial charge >= 0.3 is 0 Å². The molecule has 1 N–H and O–H groups in total. The summed E-state index contributed by atoms with van der Waals surface area (Å²) < 4.78 is 0. The van der Waals surface area contributed by atoms with Gasteiger partial charge in [0.05, 0.1) is 0 Å². The van der Waals surface area contributed by atoms with E-state index in [1.165, 1.54) is 64.3 Å². The van der Waals surface area contributed by atoms with Crippen molar-refractivity contribution in [2.45, 2.75) is 84.6 Å². The molecule has 1 unspecified atom stereocenters. The Labute approximate surface area is 114 Å². The molecule has 106 valence electrons. The van der Waals surface area contributed by atoms with Gasteiger partial charge in [-0.15, -0.1) is 0 Å². The Kier molecular flexibility index (Phi) is 5.12. The van der Waals surface area contributed by atoms with Gasteiger partial charge in [0.2, 0.25) is 0 Å². The predicted octanol–water partition coefficient (Wildman–Crippen LogP) is 4.76. The van der Waals surface area contributed by atoms with Gasteiger partial charge in [-0.1, -0.05) is 46.5 Å². The Hall–Kier alpha value is -0.0400. The average Bonchev–Trinajstić information content (AvgIpc) is 3.02. The number of hydrogen-bond donors (Lipinski definition) is 1. The minimum absolute atomic E-state index is 0.645. The second-order valence-corrected chi connectivity index (χ2v) is 7.35. The quantitative estimate of drug-likeness (QED) is 0.656. The molecule has 2 rings (SSSR count). The van der Waals surface area contributed by atoms with Crippen LogP contribution in [0, 0.1) is 17.3 Å². The van der Waals surface area contributed by atoms with Crippen LogP contribution in [-0.2, 0) is 0 Å². The molecule has 18 heavy (non-hydrogen) atoms. The van der Waals surface area contributed by atoms with Crippen LogP contribution < -0.4 is 5.32 Å². The first-order valence-electron chi connectivity index (χ1n) is 8.39. The normalized spacial score (nSPS) is 24.7. The Morgan fingerprint density at radius 2 is 1.83 bits per heavy atom. The monoisotopic (exact) mass is 251 g/mol. The highest BCUT2D eigenvalue weighted by atomic mass is 14.9. The molecule has 0 radical (unpaired) electrons. The summed E-state index contributed by atoms with van der Waals surface area (Å²) in [6, 6.07) is 0.815. The fourth-order valence-electron chi connectivity index (χ4n) is 4.14. The van der Waals surface area contributed by atoms with Gasteiger partial charge < -0.3 is 5.32 Å². The van der Waals surface area contributed by atoms with Gasteiger partial charge in [-0.2, -0.15) is 0 Å². The Morgan fingerprint density at radius 3 is 2.33 bits per heavy atom. The van der Waals surface area contributed by atoms with E-state index in [-0.39, 0.29) is 0 Å². The van der Waals surface area contributed by atoms with Gasteiger partial charge in [-0.05, 0) is 55.9 Å². The fourth-order valence-corrected chi connectivity index (χ4v) is 4.14. The molecular weight excluding hydrogens is 218 g/mol. The van der Waals surface area contributed by atoms with Crippen LogP contribution in [-0.4, -0.2) is 12.6 Å². The fraction of sp³-hybridized carbons (Fsp3) is 1.00. The lowest BCUT2D eigenvalue weighted by Crippen LogP contribution is -2.45. The van der Waals surface area contributed by atoms with Crippen LogP contribution in [0.4, 0.5) is 0 Å². The maximum atomic E-state index is 3.93. The van der Waals surface area contributed by atoms with Gasteiger partial charge in [-0.25, -0.2) is 0 Å². The molecule has 2 aliphatic rings. The van der Waals surface area contributed by atoms with Crippen molar-refractivity contribution in [3.05, 3.63) is 0 Å². The summed E-state index contributed by atoms with van der Waals surface area (Å²) in [5.74, 6) is 1.91. The van der Waals surface area contributed by atoms with Crippen molar-refractivity contribution in [2.24, 2.45) is 17.3 Å². The van der Waals surface area contributed by atoms with E-state index < -0.39 is 0 Å². The smallest absolute Gasteiger partial charge is 0.0126 e. The summed E-state index contributed by atoms with van der Waals surface area (Å²) in [5, 5.41) is 3.93. The summed E-state index contributed by atoms with van der Waals surface area (Å²) in [6.07, 6.45) is 13.1. The van der Waals surface area contributed by atoms with E-state index in [0.29, 0.717) is 5.41 Å². The molecule has 0 aromatic rings. The molecule has 2 saturated carbocycles. The highest BCUT2D eigenvalue weighted by Gasteiger charge is 2.43. The van der Waals surface area contributed by atoms with E-state index in [9.17, 15) is 0 Å². The average molecular weight is 251 g/mol. The second-order valence-electron chi connectivity index (χ2n) is 7.35. The molecule has 0 heterocycles. The highest BCUT2D eigenvalue weighted by Crippen LogP contribution is 2.49. The number of hydrogen-bond acceptors (Lipinski definition) is 1. The van der Waals surface area contributed by atoms with E-state index in [4.69, 9.17) is 0 Å². The molecule has 0 spiro atoms. The third-order valence-electron chi connectivity index (χ3n) is 5.06. The van der Waals surface area contributed by atoms with Gasteiger partial charge in [-0.3, -0.25) is 0 Å². The van der Waals surface area contributed by atoms with E-state index in [1.54, 1.807) is 0 Å². The first-order chi connectivity index (χ1) is 8.66. The molecule has 1 heteroatoms. The Bertz CT molecular complexity index is 236. The van der Waals surface area contributed by atoms with Gasteiger partial charge in [0, 0.05) is 6.04 Å². The summed E-state index contributed by atoms with van der Waals surface area (Å²) in [5.41, 5.74) is 0.645. The van der Waals surface area contributed by atoms with Crippen LogP contribution in [0.15, 0.2) is 0 Å². The molecule has 2 fully saturated rings. The summed E-state index contributed by atoms with van der Waals surface area (Å²) >= 11 is 0. The van der Waals surface area contributed by atoms with E-state index in [2.05, 4.69) is 26.1 Å². The molecule has 1 nitrogen and oxygen atoms in total. The molecule has 0 aromatic heterocycles. The largest absolute Gasteiger partial charge is 0.313 e. The lowest BCUT2D eigenvalue weighted by atomic mass is 9.71. The SMILES string of the molecule is CCCNC(CC1CC1)C1(CC(C)C)CCCC1. The van der Waals surface area contributed by atoms with Crippen molar-refractivity contribution < 1.29 is 0 Å². The van der Waals surface area contributed by atoms with E-state index >= 15 is 0 Å². The van der Waals surface area contributed by atoms with Crippen LogP contribution >= 0.6 is 0 Å². The predicted molar refractivity (Wildman–Crippen MR) is 79.8 cm³/mol. The molecule has 0 amide bonds. The van der Waals surface area contributed by atoms with Crippen molar-refractivity contribution in [1.82, 2.24) is 5.32 Å². The molecular formula is C17H33N. The second kappa shape index (κ2) is 6.41. The summed E-state index contributed by atoms with van der Waals surface area (Å²) in [7, 11) is 0. The van der Waals surface area contributed by atoms with Crippen LogP contribution in [0.2, 0.25) is 0 Å².